The molecule has 0 radical (unpaired) electrons. The van der Waals surface area contributed by atoms with Crippen LogP contribution in [0.3, 0.4) is 0 Å². The Hall–Kier alpha value is -3.00. The van der Waals surface area contributed by atoms with Crippen LogP contribution in [0.15, 0.2) is 54.6 Å². The van der Waals surface area contributed by atoms with E-state index in [2.05, 4.69) is 10.6 Å². The summed E-state index contributed by atoms with van der Waals surface area (Å²) in [5.74, 6) is -0.827. The lowest BCUT2D eigenvalue weighted by atomic mass is 9.93. The molecule has 0 spiro atoms. The van der Waals surface area contributed by atoms with Crippen LogP contribution in [0.2, 0.25) is 0 Å². The molecule has 0 aliphatic rings. The Labute approximate surface area is 243 Å². The van der Waals surface area contributed by atoms with Gasteiger partial charge < -0.3 is 40.9 Å². The molecule has 0 aromatic heterocycles. The maximum absolute atomic E-state index is 12.6. The molecular formula is C29H40N2O9S. The van der Waals surface area contributed by atoms with Gasteiger partial charge in [0.15, 0.2) is 6.10 Å². The molecule has 0 aliphatic heterocycles. The molecule has 2 amide bonds. The third-order valence-corrected chi connectivity index (χ3v) is 7.30. The second-order valence-corrected chi connectivity index (χ2v) is 10.9. The second-order valence-electron chi connectivity index (χ2n) is 9.48. The number of rotatable bonds is 18. The molecule has 12 heteroatoms. The van der Waals surface area contributed by atoms with Crippen LogP contribution in [0, 0.1) is 0 Å². The summed E-state index contributed by atoms with van der Waals surface area (Å²) in [6.07, 6.45) is -8.43. The van der Waals surface area contributed by atoms with E-state index in [4.69, 9.17) is 4.74 Å². The maximum Gasteiger partial charge on any atom is 0.332 e. The van der Waals surface area contributed by atoms with Crippen LogP contribution in [0.25, 0.3) is 11.1 Å². The molecule has 0 fully saturated rings. The Kier molecular flexibility index (Phi) is 14.8. The quantitative estimate of drug-likeness (QED) is 0.123. The SMILES string of the molecule is CCSCCCO[C@@H](C[C@H](O)[C@@H](NC(C)=O)[C@@H](O)[C@H](O)[C@H](O)CNC(=O)c1ccc(-c2ccccc2)cc1)C(=O)O. The molecule has 0 heterocycles. The molecule has 2 rings (SSSR count). The van der Waals surface area contributed by atoms with E-state index in [9.17, 15) is 39.9 Å². The standard InChI is InChI=1S/C29H40N2O9S/c1-3-41-15-7-14-40-24(29(38)39)16-22(33)25(31-18(2)32)27(36)26(35)23(34)17-30-28(37)21-12-10-20(11-13-21)19-8-5-4-6-9-19/h4-6,8-13,22-27,33-36H,3,7,14-17H2,1-2H3,(H,30,37)(H,31,32)(H,38,39)/t22-,23+,24-,25+,26+,27+/m0/s1. The number of ether oxygens (including phenoxy) is 1. The molecule has 0 saturated carbocycles. The van der Waals surface area contributed by atoms with Gasteiger partial charge in [-0.05, 0) is 41.2 Å². The van der Waals surface area contributed by atoms with Gasteiger partial charge in [-0.2, -0.15) is 11.8 Å². The molecule has 2 aromatic rings. The number of carboxylic acids is 1. The Morgan fingerprint density at radius 2 is 1.54 bits per heavy atom. The van der Waals surface area contributed by atoms with Crippen molar-refractivity contribution in [3.05, 3.63) is 60.2 Å². The average molecular weight is 593 g/mol. The van der Waals surface area contributed by atoms with E-state index in [0.29, 0.717) is 12.0 Å². The first-order valence-electron chi connectivity index (χ1n) is 13.4. The van der Waals surface area contributed by atoms with Crippen molar-refractivity contribution in [3.63, 3.8) is 0 Å². The minimum absolute atomic E-state index is 0.139. The van der Waals surface area contributed by atoms with Crippen molar-refractivity contribution in [3.8, 4) is 11.1 Å². The second kappa shape index (κ2) is 17.7. The Balaban J connectivity index is 1.97. The van der Waals surface area contributed by atoms with E-state index in [1.165, 1.54) is 0 Å². The van der Waals surface area contributed by atoms with Crippen molar-refractivity contribution in [2.75, 3.05) is 24.7 Å². The number of aliphatic carboxylic acids is 1. The van der Waals surface area contributed by atoms with Gasteiger partial charge in [0, 0.05) is 32.1 Å². The molecule has 11 nitrogen and oxygen atoms in total. The van der Waals surface area contributed by atoms with Crippen LogP contribution >= 0.6 is 11.8 Å². The molecule has 0 saturated heterocycles. The number of nitrogens with one attached hydrogen (secondary N) is 2. The number of thioether (sulfide) groups is 1. The molecule has 6 atom stereocenters. The van der Waals surface area contributed by atoms with Crippen LogP contribution in [0.4, 0.5) is 0 Å². The van der Waals surface area contributed by atoms with Crippen molar-refractivity contribution in [2.24, 2.45) is 0 Å². The monoisotopic (exact) mass is 592 g/mol. The van der Waals surface area contributed by atoms with Gasteiger partial charge >= 0.3 is 5.97 Å². The van der Waals surface area contributed by atoms with Gasteiger partial charge in [0.25, 0.3) is 5.91 Å². The highest BCUT2D eigenvalue weighted by atomic mass is 32.2. The highest BCUT2D eigenvalue weighted by Gasteiger charge is 2.38. The molecule has 226 valence electrons. The van der Waals surface area contributed by atoms with Crippen LogP contribution in [-0.4, -0.2) is 105 Å². The summed E-state index contributed by atoms with van der Waals surface area (Å²) in [6, 6.07) is 14.8. The third-order valence-electron chi connectivity index (χ3n) is 6.31. The third kappa shape index (κ3) is 11.4. The predicted octanol–water partition coefficient (Wildman–Crippen LogP) is 1.03. The van der Waals surface area contributed by atoms with Crippen molar-refractivity contribution in [1.29, 1.82) is 0 Å². The molecule has 41 heavy (non-hydrogen) atoms. The van der Waals surface area contributed by atoms with Gasteiger partial charge in [0.2, 0.25) is 5.91 Å². The first-order chi connectivity index (χ1) is 19.5. The molecule has 0 aliphatic carbocycles. The summed E-state index contributed by atoms with van der Waals surface area (Å²) in [4.78, 5) is 36.0. The fraction of sp³-hybridized carbons (Fsp3) is 0.483. The largest absolute Gasteiger partial charge is 0.479 e. The fourth-order valence-corrected chi connectivity index (χ4v) is 4.70. The Bertz CT molecular complexity index is 1090. The summed E-state index contributed by atoms with van der Waals surface area (Å²) < 4.78 is 5.38. The lowest BCUT2D eigenvalue weighted by Gasteiger charge is -2.33. The van der Waals surface area contributed by atoms with Crippen molar-refractivity contribution in [2.45, 2.75) is 63.3 Å². The zero-order valence-corrected chi connectivity index (χ0v) is 24.0. The van der Waals surface area contributed by atoms with Crippen LogP contribution < -0.4 is 10.6 Å². The highest BCUT2D eigenvalue weighted by Crippen LogP contribution is 2.19. The summed E-state index contributed by atoms with van der Waals surface area (Å²) in [5.41, 5.74) is 2.20. The van der Waals surface area contributed by atoms with E-state index in [-0.39, 0.29) is 6.61 Å². The van der Waals surface area contributed by atoms with Crippen LogP contribution in [0.1, 0.15) is 37.0 Å². The molecule has 7 N–H and O–H groups in total. The first-order valence-corrected chi connectivity index (χ1v) is 14.6. The summed E-state index contributed by atoms with van der Waals surface area (Å²) in [6.45, 7) is 2.81. The number of carboxylic acid groups (broad SMARTS) is 1. The zero-order valence-electron chi connectivity index (χ0n) is 23.2. The molecule has 2 aromatic carbocycles. The Morgan fingerprint density at radius 1 is 0.902 bits per heavy atom. The van der Waals surface area contributed by atoms with E-state index in [0.717, 1.165) is 29.6 Å². The highest BCUT2D eigenvalue weighted by molar-refractivity contribution is 7.99. The number of carbonyl (C=O) groups is 3. The average Bonchev–Trinajstić information content (AvgIpc) is 2.97. The van der Waals surface area contributed by atoms with Gasteiger partial charge in [-0.15, -0.1) is 0 Å². The maximum atomic E-state index is 12.6. The first kappa shape index (κ1) is 34.2. The van der Waals surface area contributed by atoms with E-state index in [1.54, 1.807) is 36.0 Å². The number of hydrogen-bond donors (Lipinski definition) is 7. The summed E-state index contributed by atoms with van der Waals surface area (Å²) in [7, 11) is 0. The van der Waals surface area contributed by atoms with Crippen molar-refractivity contribution in [1.82, 2.24) is 10.6 Å². The topological polar surface area (TPSA) is 186 Å². The lowest BCUT2D eigenvalue weighted by molar-refractivity contribution is -0.154. The minimum Gasteiger partial charge on any atom is -0.479 e. The van der Waals surface area contributed by atoms with E-state index in [1.807, 2.05) is 37.3 Å². The van der Waals surface area contributed by atoms with Crippen LogP contribution in [0.5, 0.6) is 0 Å². The van der Waals surface area contributed by atoms with Gasteiger partial charge in [-0.1, -0.05) is 49.4 Å². The number of carbonyl (C=O) groups excluding carboxylic acids is 2. The lowest BCUT2D eigenvalue weighted by Crippen LogP contribution is -2.58. The van der Waals surface area contributed by atoms with Crippen molar-refractivity contribution < 1.29 is 44.7 Å². The van der Waals surface area contributed by atoms with Gasteiger partial charge in [0.05, 0.1) is 18.2 Å². The number of hydrogen-bond acceptors (Lipinski definition) is 9. The van der Waals surface area contributed by atoms with E-state index < -0.39 is 67.3 Å². The fourth-order valence-electron chi connectivity index (χ4n) is 4.09. The normalized spacial score (nSPS) is 15.7. The number of benzene rings is 2. The van der Waals surface area contributed by atoms with Gasteiger partial charge in [-0.25, -0.2) is 4.79 Å². The molecule has 0 unspecified atom stereocenters. The molecular weight excluding hydrogens is 552 g/mol. The molecule has 0 bridgehead atoms. The van der Waals surface area contributed by atoms with Gasteiger partial charge in [-0.3, -0.25) is 9.59 Å². The Morgan fingerprint density at radius 3 is 2.12 bits per heavy atom. The van der Waals surface area contributed by atoms with E-state index >= 15 is 0 Å². The van der Waals surface area contributed by atoms with Crippen molar-refractivity contribution >= 4 is 29.5 Å². The summed E-state index contributed by atoms with van der Waals surface area (Å²) in [5, 5.41) is 56.7. The summed E-state index contributed by atoms with van der Waals surface area (Å²) >= 11 is 1.67. The smallest absolute Gasteiger partial charge is 0.332 e. The zero-order chi connectivity index (χ0) is 30.4. The number of aliphatic hydroxyl groups is 4. The predicted molar refractivity (Wildman–Crippen MR) is 155 cm³/mol. The minimum atomic E-state index is -1.91. The number of aliphatic hydroxyl groups excluding tert-OH is 4. The van der Waals surface area contributed by atoms with Crippen LogP contribution in [-0.2, 0) is 14.3 Å². The number of amides is 2. The van der Waals surface area contributed by atoms with Gasteiger partial charge in [0.1, 0.15) is 12.2 Å².